The molecule has 2 amide bonds. The molecule has 0 aliphatic carbocycles. The Morgan fingerprint density at radius 2 is 1.84 bits per heavy atom. The van der Waals surface area contributed by atoms with Gasteiger partial charge in [-0.15, -0.1) is 11.8 Å². The normalized spacial score (nSPS) is 14.7. The highest BCUT2D eigenvalue weighted by atomic mass is 32.2. The van der Waals surface area contributed by atoms with Crippen LogP contribution in [-0.2, 0) is 32.3 Å². The molecular formula is C33H47N9O6S. The van der Waals surface area contributed by atoms with Gasteiger partial charge in [-0.3, -0.25) is 24.1 Å². The Labute approximate surface area is 290 Å². The smallest absolute Gasteiger partial charge is 0.305 e. The van der Waals surface area contributed by atoms with Gasteiger partial charge < -0.3 is 41.4 Å². The van der Waals surface area contributed by atoms with Crippen molar-refractivity contribution < 1.29 is 29.0 Å². The van der Waals surface area contributed by atoms with Gasteiger partial charge in [0.25, 0.3) is 0 Å². The highest BCUT2D eigenvalue weighted by Gasteiger charge is 2.25. The second-order valence-corrected chi connectivity index (χ2v) is 13.3. The Hall–Kier alpha value is -4.41. The number of carboxylic acid groups (broad SMARTS) is 1. The van der Waals surface area contributed by atoms with Gasteiger partial charge in [0.1, 0.15) is 17.0 Å². The van der Waals surface area contributed by atoms with E-state index in [-0.39, 0.29) is 36.4 Å². The van der Waals surface area contributed by atoms with Crippen molar-refractivity contribution in [1.29, 1.82) is 0 Å². The second-order valence-electron chi connectivity index (χ2n) is 12.0. The van der Waals surface area contributed by atoms with Crippen molar-refractivity contribution in [3.63, 3.8) is 0 Å². The highest BCUT2D eigenvalue weighted by Crippen LogP contribution is 2.27. The number of Topliss-reactive ketones (excluding diaryl/α,β-unsaturated/α-hetero) is 1. The van der Waals surface area contributed by atoms with Crippen molar-refractivity contribution in [3.05, 3.63) is 41.6 Å². The molecule has 3 aromatic rings. The lowest BCUT2D eigenvalue weighted by Gasteiger charge is -2.35. The number of amides is 2. The van der Waals surface area contributed by atoms with Crippen LogP contribution in [0.2, 0.25) is 0 Å². The number of nitrogen functional groups attached to an aromatic ring is 1. The van der Waals surface area contributed by atoms with Gasteiger partial charge in [0.2, 0.25) is 17.8 Å². The average molecular weight is 698 g/mol. The molecule has 0 unspecified atom stereocenters. The summed E-state index contributed by atoms with van der Waals surface area (Å²) in [6.45, 7) is 8.06. The third-order valence-electron chi connectivity index (χ3n) is 8.28. The van der Waals surface area contributed by atoms with E-state index < -0.39 is 29.6 Å². The number of hydrogen-bond acceptors (Lipinski definition) is 12. The summed E-state index contributed by atoms with van der Waals surface area (Å²) in [7, 11) is 1.66. The molecule has 0 spiro atoms. The Morgan fingerprint density at radius 1 is 1.08 bits per heavy atom. The van der Waals surface area contributed by atoms with Crippen molar-refractivity contribution in [3.8, 4) is 5.75 Å². The predicted molar refractivity (Wildman–Crippen MR) is 189 cm³/mol. The maximum absolute atomic E-state index is 12.9. The van der Waals surface area contributed by atoms with Gasteiger partial charge in [0, 0.05) is 69.7 Å². The molecule has 266 valence electrons. The minimum absolute atomic E-state index is 0.0785. The molecular weight excluding hydrogens is 650 g/mol. The molecule has 0 saturated carbocycles. The van der Waals surface area contributed by atoms with Crippen LogP contribution in [0.5, 0.6) is 5.75 Å². The van der Waals surface area contributed by atoms with Gasteiger partial charge in [-0.1, -0.05) is 13.0 Å². The first-order valence-corrected chi connectivity index (χ1v) is 17.4. The number of aliphatic carboxylic acids is 1. The van der Waals surface area contributed by atoms with Crippen LogP contribution in [-0.4, -0.2) is 116 Å². The number of carbonyl (C=O) groups excluding carboxylic acids is 3. The quantitative estimate of drug-likeness (QED) is 0.128. The minimum Gasteiger partial charge on any atom is -0.496 e. The Balaban J connectivity index is 1.29. The summed E-state index contributed by atoms with van der Waals surface area (Å²) in [5.41, 5.74) is 15.5. The molecule has 7 N–H and O–H groups in total. The zero-order valence-electron chi connectivity index (χ0n) is 28.3. The largest absolute Gasteiger partial charge is 0.496 e. The van der Waals surface area contributed by atoms with Gasteiger partial charge in [0.15, 0.2) is 5.82 Å². The Morgan fingerprint density at radius 3 is 2.51 bits per heavy atom. The van der Waals surface area contributed by atoms with E-state index in [1.165, 1.54) is 6.92 Å². The van der Waals surface area contributed by atoms with Gasteiger partial charge in [-0.05, 0) is 37.1 Å². The number of ether oxygens (including phenoxy) is 1. The number of hydrogen-bond donors (Lipinski definition) is 5. The zero-order chi connectivity index (χ0) is 35.5. The molecule has 3 heterocycles. The summed E-state index contributed by atoms with van der Waals surface area (Å²) in [6, 6.07) is 7.33. The Kier molecular flexibility index (Phi) is 13.6. The number of piperazine rings is 1. The van der Waals surface area contributed by atoms with E-state index in [9.17, 15) is 24.3 Å². The number of benzene rings is 1. The number of nitrogens with zero attached hydrogens (tertiary/aromatic N) is 5. The first kappa shape index (κ1) is 37.4. The molecule has 16 heteroatoms. The molecule has 4 rings (SSSR count). The summed E-state index contributed by atoms with van der Waals surface area (Å²) < 4.78 is 7.80. The number of methoxy groups -OCH3 is 1. The number of carboxylic acids is 1. The molecule has 0 bridgehead atoms. The maximum atomic E-state index is 12.9. The SMILES string of the molecule is CCCNc1nc(N)nc2ccn(Cc3cc(CN4CCN(C(=O)CCNC(=O)[C@H](CC(=O)O)SC[C@H](N)C(C)=O)CC4)ccc3OC)c12. The number of fused-ring (bicyclic) bond motifs is 1. The van der Waals surface area contributed by atoms with E-state index in [1.807, 2.05) is 18.3 Å². The number of nitrogens with one attached hydrogen (secondary N) is 2. The van der Waals surface area contributed by atoms with E-state index in [0.29, 0.717) is 45.1 Å². The van der Waals surface area contributed by atoms with E-state index >= 15 is 0 Å². The van der Waals surface area contributed by atoms with Crippen LogP contribution in [0.25, 0.3) is 11.0 Å². The number of nitrogens with two attached hydrogens (primary N) is 2. The minimum atomic E-state index is -1.13. The van der Waals surface area contributed by atoms with E-state index in [0.717, 1.165) is 52.6 Å². The number of aromatic nitrogens is 3. The number of carbonyl (C=O) groups is 4. The van der Waals surface area contributed by atoms with Crippen molar-refractivity contribution in [2.24, 2.45) is 5.73 Å². The van der Waals surface area contributed by atoms with Crippen LogP contribution in [0, 0.1) is 0 Å². The fourth-order valence-corrected chi connectivity index (χ4v) is 6.73. The van der Waals surface area contributed by atoms with Crippen LogP contribution in [0.1, 0.15) is 44.2 Å². The van der Waals surface area contributed by atoms with Gasteiger partial charge in [-0.25, -0.2) is 4.98 Å². The van der Waals surface area contributed by atoms with Crippen LogP contribution < -0.4 is 26.8 Å². The van der Waals surface area contributed by atoms with Gasteiger partial charge in [-0.2, -0.15) is 4.98 Å². The number of thioether (sulfide) groups is 1. The molecule has 2 aromatic heterocycles. The van der Waals surface area contributed by atoms with Crippen LogP contribution >= 0.6 is 11.8 Å². The van der Waals surface area contributed by atoms with Crippen molar-refractivity contribution in [2.45, 2.75) is 57.5 Å². The number of anilines is 2. The lowest BCUT2D eigenvalue weighted by molar-refractivity contribution is -0.138. The summed E-state index contributed by atoms with van der Waals surface area (Å²) in [5, 5.41) is 14.3. The molecule has 1 aliphatic heterocycles. The summed E-state index contributed by atoms with van der Waals surface area (Å²) in [5.74, 6) is -0.0988. The third-order valence-corrected chi connectivity index (χ3v) is 9.61. The molecule has 1 fully saturated rings. The second kappa shape index (κ2) is 17.8. The highest BCUT2D eigenvalue weighted by molar-refractivity contribution is 8.00. The standard InChI is InChI=1S/C33H47N9O6S/c1-4-9-36-31-30-25(38-33(35)39-31)8-11-42(30)19-23-16-22(5-6-26(23)48-3)18-40-12-14-41(15-13-40)28(44)7-10-37-32(47)27(17-29(45)46)49-20-24(34)21(2)43/h5-6,8,11,16,24,27H,4,7,9-10,12-15,17-20,34H2,1-3H3,(H,37,47)(H,45,46)(H3,35,36,38,39)/t24-,27-/m0/s1. The van der Waals surface area contributed by atoms with E-state index in [4.69, 9.17) is 16.2 Å². The summed E-state index contributed by atoms with van der Waals surface area (Å²) >= 11 is 1.03. The predicted octanol–water partition coefficient (Wildman–Crippen LogP) is 1.54. The summed E-state index contributed by atoms with van der Waals surface area (Å²) in [4.78, 5) is 61.1. The topological polar surface area (TPSA) is 211 Å². The molecule has 15 nitrogen and oxygen atoms in total. The average Bonchev–Trinajstić information content (AvgIpc) is 3.47. The Bertz CT molecular complexity index is 1630. The fourth-order valence-electron chi connectivity index (χ4n) is 5.56. The van der Waals surface area contributed by atoms with E-state index in [1.54, 1.807) is 12.0 Å². The maximum Gasteiger partial charge on any atom is 0.305 e. The first-order chi connectivity index (χ1) is 23.5. The van der Waals surface area contributed by atoms with Crippen LogP contribution in [0.15, 0.2) is 30.5 Å². The van der Waals surface area contributed by atoms with Crippen molar-refractivity contribution >= 4 is 58.1 Å². The van der Waals surface area contributed by atoms with E-state index in [2.05, 4.69) is 49.1 Å². The number of ketones is 1. The van der Waals surface area contributed by atoms with Gasteiger partial charge >= 0.3 is 5.97 Å². The van der Waals surface area contributed by atoms with Crippen LogP contribution in [0.4, 0.5) is 11.8 Å². The van der Waals surface area contributed by atoms with Gasteiger partial charge in [0.05, 0.1) is 36.9 Å². The lowest BCUT2D eigenvalue weighted by Crippen LogP contribution is -2.49. The molecule has 1 aliphatic rings. The molecule has 1 aromatic carbocycles. The number of rotatable bonds is 18. The van der Waals surface area contributed by atoms with Crippen molar-refractivity contribution in [2.75, 3.05) is 63.2 Å². The van der Waals surface area contributed by atoms with Crippen LogP contribution in [0.3, 0.4) is 0 Å². The first-order valence-electron chi connectivity index (χ1n) is 16.4. The molecule has 2 atom stereocenters. The monoisotopic (exact) mass is 697 g/mol. The molecule has 49 heavy (non-hydrogen) atoms. The summed E-state index contributed by atoms with van der Waals surface area (Å²) in [6.07, 6.45) is 2.62. The molecule has 0 radical (unpaired) electrons. The zero-order valence-corrected chi connectivity index (χ0v) is 29.1. The van der Waals surface area contributed by atoms with Crippen molar-refractivity contribution in [1.82, 2.24) is 29.7 Å². The lowest BCUT2D eigenvalue weighted by atomic mass is 10.1. The fraction of sp³-hybridized carbons (Fsp3) is 0.515. The molecule has 1 saturated heterocycles. The third kappa shape index (κ3) is 10.5.